The van der Waals surface area contributed by atoms with Crippen LogP contribution in [0.1, 0.15) is 78.1 Å². The maximum absolute atomic E-state index is 4.76. The standard InChI is InChI=1S/C26H32N2/c1-24(2,3)22-9-8-18(16-28-22)23-19-15-21-20(14-17(19)10-13-27-23)25(4,5)11-12-26(21,6)7/h8-10,13-16H,11-12H2,1-7H3. The van der Waals surface area contributed by atoms with Crippen molar-refractivity contribution in [3.63, 3.8) is 0 Å². The predicted octanol–water partition coefficient (Wildman–Crippen LogP) is 6.94. The first-order valence-electron chi connectivity index (χ1n) is 10.4. The van der Waals surface area contributed by atoms with Gasteiger partial charge in [0.2, 0.25) is 0 Å². The van der Waals surface area contributed by atoms with Crippen molar-refractivity contribution in [2.75, 3.05) is 0 Å². The van der Waals surface area contributed by atoms with E-state index < -0.39 is 0 Å². The Morgan fingerprint density at radius 2 is 1.46 bits per heavy atom. The van der Waals surface area contributed by atoms with Crippen LogP contribution in [-0.2, 0) is 16.2 Å². The second-order valence-corrected chi connectivity index (χ2v) is 10.7. The Morgan fingerprint density at radius 3 is 2.04 bits per heavy atom. The molecule has 1 aliphatic carbocycles. The Morgan fingerprint density at radius 1 is 0.821 bits per heavy atom. The van der Waals surface area contributed by atoms with Crippen LogP contribution in [0.4, 0.5) is 0 Å². The van der Waals surface area contributed by atoms with Crippen LogP contribution in [0.25, 0.3) is 22.0 Å². The second kappa shape index (κ2) is 6.14. The number of benzene rings is 1. The average Bonchev–Trinajstić information content (AvgIpc) is 2.63. The molecule has 2 heterocycles. The summed E-state index contributed by atoms with van der Waals surface area (Å²) in [6.07, 6.45) is 6.37. The third kappa shape index (κ3) is 3.13. The Kier molecular flexibility index (Phi) is 4.19. The highest BCUT2D eigenvalue weighted by Gasteiger charge is 2.37. The van der Waals surface area contributed by atoms with Gasteiger partial charge >= 0.3 is 0 Å². The summed E-state index contributed by atoms with van der Waals surface area (Å²) < 4.78 is 0. The minimum Gasteiger partial charge on any atom is -0.260 e. The molecule has 0 bridgehead atoms. The number of aromatic nitrogens is 2. The Labute approximate surface area is 169 Å². The van der Waals surface area contributed by atoms with Gasteiger partial charge in [0, 0.05) is 34.5 Å². The quantitative estimate of drug-likeness (QED) is 0.462. The number of fused-ring (bicyclic) bond motifs is 2. The van der Waals surface area contributed by atoms with Gasteiger partial charge in [0.15, 0.2) is 0 Å². The van der Waals surface area contributed by atoms with Crippen LogP contribution in [0.5, 0.6) is 0 Å². The highest BCUT2D eigenvalue weighted by molar-refractivity contribution is 5.95. The molecular formula is C26H32N2. The van der Waals surface area contributed by atoms with Crippen molar-refractivity contribution in [3.05, 3.63) is 59.5 Å². The molecule has 146 valence electrons. The first-order valence-corrected chi connectivity index (χ1v) is 10.4. The van der Waals surface area contributed by atoms with Crippen LogP contribution < -0.4 is 0 Å². The Hall–Kier alpha value is -2.22. The first-order chi connectivity index (χ1) is 13.0. The minimum absolute atomic E-state index is 0.0550. The molecule has 0 unspecified atom stereocenters. The zero-order valence-electron chi connectivity index (χ0n) is 18.4. The summed E-state index contributed by atoms with van der Waals surface area (Å²) in [6.45, 7) is 16.1. The molecule has 0 spiro atoms. The Balaban J connectivity index is 1.92. The highest BCUT2D eigenvalue weighted by atomic mass is 14.7. The molecule has 0 atom stereocenters. The van der Waals surface area contributed by atoms with Gasteiger partial charge in [0.05, 0.1) is 5.69 Å². The topological polar surface area (TPSA) is 25.8 Å². The summed E-state index contributed by atoms with van der Waals surface area (Å²) in [7, 11) is 0. The first kappa shape index (κ1) is 19.1. The van der Waals surface area contributed by atoms with E-state index in [-0.39, 0.29) is 16.2 Å². The largest absolute Gasteiger partial charge is 0.260 e. The maximum atomic E-state index is 4.76. The average molecular weight is 373 g/mol. The van der Waals surface area contributed by atoms with Gasteiger partial charge in [-0.3, -0.25) is 9.97 Å². The van der Waals surface area contributed by atoms with Gasteiger partial charge in [-0.15, -0.1) is 0 Å². The van der Waals surface area contributed by atoms with Crippen molar-refractivity contribution >= 4 is 10.8 Å². The summed E-state index contributed by atoms with van der Waals surface area (Å²) in [5.41, 5.74) is 6.67. The predicted molar refractivity (Wildman–Crippen MR) is 119 cm³/mol. The van der Waals surface area contributed by atoms with Crippen LogP contribution in [-0.4, -0.2) is 9.97 Å². The molecule has 1 aliphatic rings. The van der Waals surface area contributed by atoms with Gasteiger partial charge < -0.3 is 0 Å². The lowest BCUT2D eigenvalue weighted by molar-refractivity contribution is 0.332. The fourth-order valence-corrected chi connectivity index (χ4v) is 4.44. The van der Waals surface area contributed by atoms with Crippen LogP contribution in [0, 0.1) is 0 Å². The molecule has 0 aliphatic heterocycles. The van der Waals surface area contributed by atoms with Crippen molar-refractivity contribution in [1.29, 1.82) is 0 Å². The van der Waals surface area contributed by atoms with Gasteiger partial charge in [0.1, 0.15) is 0 Å². The smallest absolute Gasteiger partial charge is 0.0795 e. The van der Waals surface area contributed by atoms with E-state index in [1.165, 1.54) is 34.7 Å². The van der Waals surface area contributed by atoms with Crippen molar-refractivity contribution in [2.24, 2.45) is 0 Å². The third-order valence-electron chi connectivity index (χ3n) is 6.54. The third-order valence-corrected chi connectivity index (χ3v) is 6.54. The summed E-state index contributed by atoms with van der Waals surface area (Å²) in [5, 5.41) is 2.51. The number of hydrogen-bond donors (Lipinski definition) is 0. The molecule has 0 saturated heterocycles. The summed E-state index contributed by atoms with van der Waals surface area (Å²) in [4.78, 5) is 9.49. The molecule has 0 amide bonds. The minimum atomic E-state index is 0.0550. The lowest BCUT2D eigenvalue weighted by Crippen LogP contribution is -2.33. The maximum Gasteiger partial charge on any atom is 0.0795 e. The molecule has 2 nitrogen and oxygen atoms in total. The normalized spacial score (nSPS) is 18.1. The van der Waals surface area contributed by atoms with E-state index in [9.17, 15) is 0 Å². The van der Waals surface area contributed by atoms with Crippen LogP contribution >= 0.6 is 0 Å². The molecule has 0 fully saturated rings. The molecular weight excluding hydrogens is 340 g/mol. The van der Waals surface area contributed by atoms with Crippen molar-refractivity contribution in [3.8, 4) is 11.3 Å². The molecule has 0 saturated carbocycles. The molecule has 2 heteroatoms. The molecule has 3 aromatic rings. The summed E-state index contributed by atoms with van der Waals surface area (Å²) in [6, 6.07) is 11.3. The van der Waals surface area contributed by atoms with Gasteiger partial charge in [-0.2, -0.15) is 0 Å². The van der Waals surface area contributed by atoms with Crippen LogP contribution in [0.3, 0.4) is 0 Å². The zero-order valence-corrected chi connectivity index (χ0v) is 18.4. The SMILES string of the molecule is CC(C)(C)c1ccc(-c2nccc3cc4c(cc23)C(C)(C)CCC4(C)C)cn1. The monoisotopic (exact) mass is 372 g/mol. The van der Waals surface area contributed by atoms with Gasteiger partial charge in [0.25, 0.3) is 0 Å². The van der Waals surface area contributed by atoms with E-state index >= 15 is 0 Å². The van der Waals surface area contributed by atoms with Crippen molar-refractivity contribution in [1.82, 2.24) is 9.97 Å². The highest BCUT2D eigenvalue weighted by Crippen LogP contribution is 2.47. The fraction of sp³-hybridized carbons (Fsp3) is 0.462. The van der Waals surface area contributed by atoms with Gasteiger partial charge in [-0.1, -0.05) is 54.5 Å². The second-order valence-electron chi connectivity index (χ2n) is 10.7. The lowest BCUT2D eigenvalue weighted by atomic mass is 9.63. The molecule has 2 aromatic heterocycles. The molecule has 4 rings (SSSR count). The van der Waals surface area contributed by atoms with Gasteiger partial charge in [-0.05, 0) is 64.5 Å². The number of nitrogens with zero attached hydrogens (tertiary/aromatic N) is 2. The van der Waals surface area contributed by atoms with E-state index in [4.69, 9.17) is 9.97 Å². The molecule has 1 aromatic carbocycles. The summed E-state index contributed by atoms with van der Waals surface area (Å²) in [5.74, 6) is 0. The zero-order chi connectivity index (χ0) is 20.3. The fourth-order valence-electron chi connectivity index (χ4n) is 4.44. The number of pyridine rings is 2. The van der Waals surface area contributed by atoms with Crippen molar-refractivity contribution in [2.45, 2.75) is 77.6 Å². The van der Waals surface area contributed by atoms with Crippen molar-refractivity contribution < 1.29 is 0 Å². The van der Waals surface area contributed by atoms with E-state index in [0.717, 1.165) is 17.0 Å². The lowest BCUT2D eigenvalue weighted by Gasteiger charge is -2.42. The van der Waals surface area contributed by atoms with E-state index in [1.807, 2.05) is 12.4 Å². The molecule has 0 radical (unpaired) electrons. The van der Waals surface area contributed by atoms with Crippen LogP contribution in [0.2, 0.25) is 0 Å². The van der Waals surface area contributed by atoms with E-state index in [2.05, 4.69) is 78.8 Å². The van der Waals surface area contributed by atoms with E-state index in [1.54, 1.807) is 0 Å². The number of rotatable bonds is 1. The summed E-state index contributed by atoms with van der Waals surface area (Å²) >= 11 is 0. The van der Waals surface area contributed by atoms with E-state index in [0.29, 0.717) is 0 Å². The number of hydrogen-bond acceptors (Lipinski definition) is 2. The Bertz CT molecular complexity index is 1030. The van der Waals surface area contributed by atoms with Crippen LogP contribution in [0.15, 0.2) is 42.7 Å². The molecule has 0 N–H and O–H groups in total. The van der Waals surface area contributed by atoms with Gasteiger partial charge in [-0.25, -0.2) is 0 Å². The molecule has 28 heavy (non-hydrogen) atoms.